The zero-order valence-corrected chi connectivity index (χ0v) is 30.6. The molecule has 1 aliphatic heterocycles. The summed E-state index contributed by atoms with van der Waals surface area (Å²) in [5.41, 5.74) is 0.252. The number of fused-ring (bicyclic) bond motifs is 1. The standard InChI is InChI=1S/C35H47N7O7S/c1-34(2,3)25-22-50-33(36-25)38-31(47)23-13-15-42-26(20-23)37-30(24(32(42)48)11-12-29(46)49-35(4,5)6)41-18-16-40(17-19-41)27(43)10-8-9-14-39(7)21-28(44)45/h11-13,15,20,22H,8-10,14,16-19,21H2,1-7H3,(H,44,45)(H,36,38,47)/b12-11+. The number of esters is 1. The third kappa shape index (κ3) is 10.4. The smallest absolute Gasteiger partial charge is 0.331 e. The van der Waals surface area contributed by atoms with Crippen molar-refractivity contribution in [1.82, 2.24) is 24.2 Å². The number of hydrogen-bond donors (Lipinski definition) is 2. The van der Waals surface area contributed by atoms with Gasteiger partial charge in [0.2, 0.25) is 5.91 Å². The van der Waals surface area contributed by atoms with Crippen LogP contribution in [0.5, 0.6) is 0 Å². The van der Waals surface area contributed by atoms with Gasteiger partial charge in [-0.25, -0.2) is 14.8 Å². The van der Waals surface area contributed by atoms with Crippen molar-refractivity contribution < 1.29 is 29.0 Å². The van der Waals surface area contributed by atoms with E-state index in [4.69, 9.17) is 14.8 Å². The normalized spacial score (nSPS) is 14.1. The number of carboxylic acids is 1. The van der Waals surface area contributed by atoms with Crippen LogP contribution in [0.3, 0.4) is 0 Å². The van der Waals surface area contributed by atoms with Crippen molar-refractivity contribution in [3.05, 3.63) is 57.0 Å². The number of nitrogens with zero attached hydrogens (tertiary/aromatic N) is 6. The van der Waals surface area contributed by atoms with Crippen LogP contribution in [0.4, 0.5) is 10.9 Å². The van der Waals surface area contributed by atoms with Crippen LogP contribution in [0.25, 0.3) is 11.7 Å². The second-order valence-corrected chi connectivity index (χ2v) is 15.2. The molecule has 0 unspecified atom stereocenters. The molecule has 0 saturated carbocycles. The maximum Gasteiger partial charge on any atom is 0.331 e. The van der Waals surface area contributed by atoms with Crippen molar-refractivity contribution in [2.24, 2.45) is 0 Å². The molecule has 0 spiro atoms. The molecule has 1 fully saturated rings. The van der Waals surface area contributed by atoms with E-state index in [0.29, 0.717) is 62.9 Å². The number of rotatable bonds is 12. The van der Waals surface area contributed by atoms with Crippen LogP contribution in [0.15, 0.2) is 34.6 Å². The molecule has 3 aromatic heterocycles. The number of unbranched alkanes of at least 4 members (excludes halogenated alkanes) is 1. The zero-order valence-electron chi connectivity index (χ0n) is 29.8. The minimum atomic E-state index is -0.888. The average Bonchev–Trinajstić information content (AvgIpc) is 3.50. The lowest BCUT2D eigenvalue weighted by molar-refractivity contribution is -0.148. The monoisotopic (exact) mass is 709 g/mol. The number of thiazole rings is 1. The molecule has 0 atom stereocenters. The van der Waals surface area contributed by atoms with E-state index in [1.807, 2.05) is 31.1 Å². The number of anilines is 2. The summed E-state index contributed by atoms with van der Waals surface area (Å²) in [5, 5.41) is 14.1. The minimum Gasteiger partial charge on any atom is -0.480 e. The Morgan fingerprint density at radius 3 is 2.38 bits per heavy atom. The summed E-state index contributed by atoms with van der Waals surface area (Å²) < 4.78 is 6.73. The van der Waals surface area contributed by atoms with Gasteiger partial charge in [0.05, 0.1) is 17.8 Å². The van der Waals surface area contributed by atoms with Crippen LogP contribution in [0.2, 0.25) is 0 Å². The van der Waals surface area contributed by atoms with Crippen molar-refractivity contribution in [3.63, 3.8) is 0 Å². The summed E-state index contributed by atoms with van der Waals surface area (Å²) in [6.07, 6.45) is 5.78. The number of piperazine rings is 1. The lowest BCUT2D eigenvalue weighted by Gasteiger charge is -2.36. The van der Waals surface area contributed by atoms with Crippen molar-refractivity contribution in [3.8, 4) is 0 Å². The number of nitrogens with one attached hydrogen (secondary N) is 1. The number of aromatic nitrogens is 3. The Morgan fingerprint density at radius 2 is 1.76 bits per heavy atom. The molecule has 270 valence electrons. The van der Waals surface area contributed by atoms with Gasteiger partial charge in [0.25, 0.3) is 11.5 Å². The average molecular weight is 710 g/mol. The van der Waals surface area contributed by atoms with E-state index >= 15 is 0 Å². The van der Waals surface area contributed by atoms with E-state index in [-0.39, 0.29) is 34.6 Å². The lowest BCUT2D eigenvalue weighted by Crippen LogP contribution is -2.49. The molecule has 0 radical (unpaired) electrons. The van der Waals surface area contributed by atoms with Crippen LogP contribution >= 0.6 is 11.3 Å². The molecule has 0 aliphatic carbocycles. The first-order chi connectivity index (χ1) is 23.4. The molecule has 1 saturated heterocycles. The first-order valence-electron chi connectivity index (χ1n) is 16.6. The van der Waals surface area contributed by atoms with Gasteiger partial charge in [0, 0.05) is 61.2 Å². The highest BCUT2D eigenvalue weighted by atomic mass is 32.1. The number of likely N-dealkylation sites (N-methyl/N-ethyl adjacent to an activating group) is 1. The van der Waals surface area contributed by atoms with E-state index in [2.05, 4.69) is 10.3 Å². The Bertz CT molecular complexity index is 1810. The minimum absolute atomic E-state index is 0.00706. The summed E-state index contributed by atoms with van der Waals surface area (Å²) >= 11 is 1.33. The first-order valence-corrected chi connectivity index (χ1v) is 17.5. The molecule has 2 N–H and O–H groups in total. The predicted molar refractivity (Wildman–Crippen MR) is 193 cm³/mol. The molecule has 4 heterocycles. The number of carboxylic acid groups (broad SMARTS) is 1. The highest BCUT2D eigenvalue weighted by Gasteiger charge is 2.26. The Labute approximate surface area is 295 Å². The van der Waals surface area contributed by atoms with E-state index < -0.39 is 29.0 Å². The number of ether oxygens (including phenoxy) is 1. The molecule has 1 aliphatic rings. The molecule has 2 amide bonds. The largest absolute Gasteiger partial charge is 0.480 e. The van der Waals surface area contributed by atoms with Gasteiger partial charge < -0.3 is 19.6 Å². The highest BCUT2D eigenvalue weighted by Crippen LogP contribution is 2.27. The predicted octanol–water partition coefficient (Wildman–Crippen LogP) is 3.89. The number of aliphatic carboxylic acids is 1. The van der Waals surface area contributed by atoms with Crippen molar-refractivity contribution in [2.75, 3.05) is 56.5 Å². The fraction of sp³-hybridized carbons (Fsp3) is 0.514. The topological polar surface area (TPSA) is 167 Å². The van der Waals surface area contributed by atoms with Crippen molar-refractivity contribution in [2.45, 2.75) is 71.8 Å². The fourth-order valence-corrected chi connectivity index (χ4v) is 6.23. The first kappa shape index (κ1) is 38.2. The van der Waals surface area contributed by atoms with Crippen LogP contribution in [-0.4, -0.2) is 105 Å². The summed E-state index contributed by atoms with van der Waals surface area (Å²) in [4.78, 5) is 78.2. The van der Waals surface area contributed by atoms with Crippen LogP contribution < -0.4 is 15.8 Å². The van der Waals surface area contributed by atoms with Gasteiger partial charge in [0.1, 0.15) is 17.1 Å². The quantitative estimate of drug-likeness (QED) is 0.159. The molecule has 0 bridgehead atoms. The molecule has 14 nitrogen and oxygen atoms in total. The maximum absolute atomic E-state index is 13.9. The SMILES string of the molecule is CN(CCCCC(=O)N1CCN(c2nc3cc(C(=O)Nc4nc(C(C)(C)C)cs4)ccn3c(=O)c2/C=C/C(=O)OC(C)(C)C)CC1)CC(=O)O. The third-order valence-electron chi connectivity index (χ3n) is 7.91. The van der Waals surface area contributed by atoms with Crippen LogP contribution in [-0.2, 0) is 24.5 Å². The van der Waals surface area contributed by atoms with E-state index in [0.717, 1.165) is 5.69 Å². The number of pyridine rings is 1. The van der Waals surface area contributed by atoms with E-state index in [1.54, 1.807) is 37.6 Å². The summed E-state index contributed by atoms with van der Waals surface area (Å²) in [6.45, 7) is 13.5. The third-order valence-corrected chi connectivity index (χ3v) is 8.67. The van der Waals surface area contributed by atoms with Gasteiger partial charge in [-0.05, 0) is 65.4 Å². The van der Waals surface area contributed by atoms with Crippen molar-refractivity contribution >= 4 is 57.8 Å². The Morgan fingerprint density at radius 1 is 1.06 bits per heavy atom. The van der Waals surface area contributed by atoms with Crippen molar-refractivity contribution in [1.29, 1.82) is 0 Å². The van der Waals surface area contributed by atoms with E-state index in [1.165, 1.54) is 46.2 Å². The number of hydrogen-bond acceptors (Lipinski definition) is 11. The summed E-state index contributed by atoms with van der Waals surface area (Å²) in [5.74, 6) is -1.56. The Hall–Kier alpha value is -4.63. The molecule has 15 heteroatoms. The number of carbonyl (C=O) groups excluding carboxylic acids is 3. The summed E-state index contributed by atoms with van der Waals surface area (Å²) in [7, 11) is 1.74. The van der Waals surface area contributed by atoms with E-state index in [9.17, 15) is 24.0 Å². The molecule has 3 aromatic rings. The summed E-state index contributed by atoms with van der Waals surface area (Å²) in [6, 6.07) is 3.06. The lowest BCUT2D eigenvalue weighted by atomic mass is 9.93. The van der Waals surface area contributed by atoms with Crippen LogP contribution in [0, 0.1) is 0 Å². The highest BCUT2D eigenvalue weighted by molar-refractivity contribution is 7.14. The molecule has 0 aromatic carbocycles. The van der Waals surface area contributed by atoms with Gasteiger partial charge in [-0.2, -0.15) is 0 Å². The van der Waals surface area contributed by atoms with Gasteiger partial charge in [-0.15, -0.1) is 11.3 Å². The second-order valence-electron chi connectivity index (χ2n) is 14.4. The maximum atomic E-state index is 13.9. The number of carbonyl (C=O) groups is 4. The Kier molecular flexibility index (Phi) is 12.2. The van der Waals surface area contributed by atoms with Gasteiger partial charge in [0.15, 0.2) is 5.13 Å². The molecular weight excluding hydrogens is 662 g/mol. The fourth-order valence-electron chi connectivity index (χ4n) is 5.29. The molecular formula is C35H47N7O7S. The van der Waals surface area contributed by atoms with Gasteiger partial charge in [-0.1, -0.05) is 20.8 Å². The zero-order chi connectivity index (χ0) is 36.8. The number of amides is 2. The Balaban J connectivity index is 1.55. The van der Waals surface area contributed by atoms with Crippen LogP contribution in [0.1, 0.15) is 82.4 Å². The molecule has 50 heavy (non-hydrogen) atoms. The second kappa shape index (κ2) is 15.9. The van der Waals surface area contributed by atoms with Gasteiger partial charge in [-0.3, -0.25) is 33.8 Å². The van der Waals surface area contributed by atoms with Gasteiger partial charge >= 0.3 is 11.9 Å². The molecule has 4 rings (SSSR count).